The molecule has 0 saturated heterocycles. The molecule has 1 aliphatic carbocycles. The summed E-state index contributed by atoms with van der Waals surface area (Å²) in [5.74, 6) is -0.558. The lowest BCUT2D eigenvalue weighted by atomic mass is 9.85. The second-order valence-electron chi connectivity index (χ2n) is 6.09. The first-order valence-corrected chi connectivity index (χ1v) is 7.64. The quantitative estimate of drug-likeness (QED) is 0.815. The topological polar surface area (TPSA) is 69.6 Å². The Morgan fingerprint density at radius 2 is 1.95 bits per heavy atom. The highest BCUT2D eigenvalue weighted by Gasteiger charge is 2.31. The standard InChI is InChI=1S/C15H28N2O3/c1-5-10(2)13(14(18)19)16-15(20)17(4)12-9-7-6-8-11(12)3/h10-13H,5-9H2,1-4H3,(H,16,20)(H,18,19)/t10-,11?,12?,13-/m0/s1. The number of carbonyl (C=O) groups excluding carboxylic acids is 1. The van der Waals surface area contributed by atoms with Crippen molar-refractivity contribution in [1.29, 1.82) is 0 Å². The third kappa shape index (κ3) is 4.12. The average molecular weight is 284 g/mol. The van der Waals surface area contributed by atoms with Crippen molar-refractivity contribution < 1.29 is 14.7 Å². The predicted octanol–water partition coefficient (Wildman–Crippen LogP) is 2.71. The summed E-state index contributed by atoms with van der Waals surface area (Å²) >= 11 is 0. The van der Waals surface area contributed by atoms with Gasteiger partial charge in [-0.3, -0.25) is 0 Å². The molecule has 0 radical (unpaired) electrons. The maximum Gasteiger partial charge on any atom is 0.326 e. The van der Waals surface area contributed by atoms with Crippen LogP contribution >= 0.6 is 0 Å². The van der Waals surface area contributed by atoms with Crippen molar-refractivity contribution in [2.75, 3.05) is 7.05 Å². The molecule has 1 rings (SSSR count). The van der Waals surface area contributed by atoms with Crippen molar-refractivity contribution >= 4 is 12.0 Å². The molecule has 2 unspecified atom stereocenters. The molecular formula is C15H28N2O3. The van der Waals surface area contributed by atoms with E-state index in [-0.39, 0.29) is 18.0 Å². The third-order valence-electron chi connectivity index (χ3n) is 4.64. The molecule has 20 heavy (non-hydrogen) atoms. The summed E-state index contributed by atoms with van der Waals surface area (Å²) in [6.07, 6.45) is 5.22. The van der Waals surface area contributed by atoms with Gasteiger partial charge in [-0.1, -0.05) is 40.0 Å². The number of hydrogen-bond acceptors (Lipinski definition) is 2. The van der Waals surface area contributed by atoms with Gasteiger partial charge in [-0.15, -0.1) is 0 Å². The Kier molecular flexibility index (Phi) is 6.30. The molecule has 2 N–H and O–H groups in total. The van der Waals surface area contributed by atoms with Gasteiger partial charge < -0.3 is 15.3 Å². The van der Waals surface area contributed by atoms with Crippen LogP contribution in [0.3, 0.4) is 0 Å². The molecule has 0 bridgehead atoms. The molecule has 0 spiro atoms. The maximum absolute atomic E-state index is 12.3. The zero-order valence-electron chi connectivity index (χ0n) is 13.1. The third-order valence-corrected chi connectivity index (χ3v) is 4.64. The van der Waals surface area contributed by atoms with Crippen LogP contribution in [0.4, 0.5) is 4.79 Å². The van der Waals surface area contributed by atoms with Crippen molar-refractivity contribution in [2.45, 2.75) is 65.0 Å². The van der Waals surface area contributed by atoms with E-state index in [4.69, 9.17) is 0 Å². The van der Waals surface area contributed by atoms with Crippen molar-refractivity contribution in [3.05, 3.63) is 0 Å². The molecule has 5 nitrogen and oxygen atoms in total. The van der Waals surface area contributed by atoms with Gasteiger partial charge in [-0.2, -0.15) is 0 Å². The second-order valence-corrected chi connectivity index (χ2v) is 6.09. The number of hydrogen-bond donors (Lipinski definition) is 2. The molecule has 1 saturated carbocycles. The van der Waals surface area contributed by atoms with Crippen LogP contribution in [-0.4, -0.2) is 41.1 Å². The molecule has 5 heteroatoms. The first-order valence-electron chi connectivity index (χ1n) is 7.64. The van der Waals surface area contributed by atoms with E-state index in [9.17, 15) is 14.7 Å². The summed E-state index contributed by atoms with van der Waals surface area (Å²) < 4.78 is 0. The molecule has 1 fully saturated rings. The summed E-state index contributed by atoms with van der Waals surface area (Å²) in [7, 11) is 1.78. The van der Waals surface area contributed by atoms with Crippen molar-refractivity contribution in [1.82, 2.24) is 10.2 Å². The summed E-state index contributed by atoms with van der Waals surface area (Å²) in [6, 6.07) is -0.861. The zero-order valence-corrected chi connectivity index (χ0v) is 13.1. The lowest BCUT2D eigenvalue weighted by Crippen LogP contribution is -2.53. The number of carboxylic acids is 1. The molecule has 0 heterocycles. The van der Waals surface area contributed by atoms with Crippen LogP contribution in [-0.2, 0) is 4.79 Å². The fourth-order valence-electron chi connectivity index (χ4n) is 2.94. The van der Waals surface area contributed by atoms with E-state index >= 15 is 0 Å². The molecule has 2 amide bonds. The number of amides is 2. The summed E-state index contributed by atoms with van der Waals surface area (Å²) in [4.78, 5) is 25.2. The molecule has 1 aliphatic rings. The fourth-order valence-corrected chi connectivity index (χ4v) is 2.94. The Balaban J connectivity index is 2.65. The van der Waals surface area contributed by atoms with Crippen molar-refractivity contribution in [3.63, 3.8) is 0 Å². The van der Waals surface area contributed by atoms with E-state index in [0.29, 0.717) is 5.92 Å². The molecular weight excluding hydrogens is 256 g/mol. The van der Waals surface area contributed by atoms with Gasteiger partial charge in [0.25, 0.3) is 0 Å². The maximum atomic E-state index is 12.3. The number of rotatable bonds is 5. The van der Waals surface area contributed by atoms with E-state index in [2.05, 4.69) is 12.2 Å². The largest absolute Gasteiger partial charge is 0.480 e. The number of nitrogens with zero attached hydrogens (tertiary/aromatic N) is 1. The van der Waals surface area contributed by atoms with Gasteiger partial charge in [0.15, 0.2) is 0 Å². The Labute approximate surface area is 121 Å². The van der Waals surface area contributed by atoms with E-state index in [1.807, 2.05) is 13.8 Å². The summed E-state index contributed by atoms with van der Waals surface area (Å²) in [5, 5.41) is 11.9. The number of nitrogens with one attached hydrogen (secondary N) is 1. The van der Waals surface area contributed by atoms with Crippen LogP contribution in [0, 0.1) is 11.8 Å². The van der Waals surface area contributed by atoms with E-state index in [0.717, 1.165) is 25.7 Å². The minimum absolute atomic E-state index is 0.0753. The summed E-state index contributed by atoms with van der Waals surface area (Å²) in [5.41, 5.74) is 0. The smallest absolute Gasteiger partial charge is 0.326 e. The fraction of sp³-hybridized carbons (Fsp3) is 0.867. The Morgan fingerprint density at radius 3 is 2.45 bits per heavy atom. The van der Waals surface area contributed by atoms with Gasteiger partial charge in [0.1, 0.15) is 6.04 Å². The molecule has 0 aromatic carbocycles. The van der Waals surface area contributed by atoms with E-state index in [1.54, 1.807) is 11.9 Å². The Morgan fingerprint density at radius 1 is 1.35 bits per heavy atom. The van der Waals surface area contributed by atoms with Crippen LogP contribution in [0.1, 0.15) is 52.9 Å². The highest BCUT2D eigenvalue weighted by molar-refractivity contribution is 5.82. The highest BCUT2D eigenvalue weighted by Crippen LogP contribution is 2.27. The summed E-state index contributed by atoms with van der Waals surface area (Å²) in [6.45, 7) is 5.94. The number of urea groups is 1. The zero-order chi connectivity index (χ0) is 15.3. The van der Waals surface area contributed by atoms with Gasteiger partial charge in [0.2, 0.25) is 0 Å². The van der Waals surface area contributed by atoms with Crippen molar-refractivity contribution in [3.8, 4) is 0 Å². The lowest BCUT2D eigenvalue weighted by Gasteiger charge is -2.37. The van der Waals surface area contributed by atoms with Gasteiger partial charge in [-0.25, -0.2) is 9.59 Å². The Bertz CT molecular complexity index is 346. The van der Waals surface area contributed by atoms with Crippen LogP contribution in [0.2, 0.25) is 0 Å². The normalized spacial score (nSPS) is 25.6. The molecule has 4 atom stereocenters. The van der Waals surface area contributed by atoms with Gasteiger partial charge in [-0.05, 0) is 24.7 Å². The van der Waals surface area contributed by atoms with E-state index in [1.165, 1.54) is 6.42 Å². The molecule has 0 aromatic heterocycles. The van der Waals surface area contributed by atoms with Gasteiger partial charge in [0, 0.05) is 13.1 Å². The minimum Gasteiger partial charge on any atom is -0.480 e. The van der Waals surface area contributed by atoms with Crippen molar-refractivity contribution in [2.24, 2.45) is 11.8 Å². The number of carboxylic acid groups (broad SMARTS) is 1. The van der Waals surface area contributed by atoms with Crippen LogP contribution in [0.5, 0.6) is 0 Å². The lowest BCUT2D eigenvalue weighted by molar-refractivity contribution is -0.140. The van der Waals surface area contributed by atoms with Gasteiger partial charge in [0.05, 0.1) is 0 Å². The SMILES string of the molecule is CC[C@H](C)[C@H](NC(=O)N(C)C1CCCCC1C)C(=O)O. The monoisotopic (exact) mass is 284 g/mol. The van der Waals surface area contributed by atoms with Crippen LogP contribution in [0.15, 0.2) is 0 Å². The molecule has 0 aromatic rings. The first kappa shape index (κ1) is 16.8. The molecule has 0 aliphatic heterocycles. The number of carbonyl (C=O) groups is 2. The van der Waals surface area contributed by atoms with Crippen LogP contribution < -0.4 is 5.32 Å². The second kappa shape index (κ2) is 7.50. The molecule has 116 valence electrons. The van der Waals surface area contributed by atoms with E-state index < -0.39 is 12.0 Å². The minimum atomic E-state index is -0.960. The van der Waals surface area contributed by atoms with Gasteiger partial charge >= 0.3 is 12.0 Å². The Hall–Kier alpha value is -1.26. The highest BCUT2D eigenvalue weighted by atomic mass is 16.4. The predicted molar refractivity (Wildman–Crippen MR) is 78.6 cm³/mol. The first-order chi connectivity index (χ1) is 9.38. The number of aliphatic carboxylic acids is 1. The average Bonchev–Trinajstić information content (AvgIpc) is 2.43. The van der Waals surface area contributed by atoms with Crippen LogP contribution in [0.25, 0.3) is 0 Å².